The summed E-state index contributed by atoms with van der Waals surface area (Å²) in [6.07, 6.45) is 56.7. The van der Waals surface area contributed by atoms with Crippen LogP contribution in [0.4, 0.5) is 0 Å². The Labute approximate surface area is 358 Å². The maximum atomic E-state index is 12.7. The summed E-state index contributed by atoms with van der Waals surface area (Å²) in [6, 6.07) is 0. The average molecular weight is 811 g/mol. The molecule has 58 heavy (non-hydrogen) atoms. The number of carbonyl (C=O) groups is 3. The third-order valence-electron chi connectivity index (χ3n) is 10.3. The molecule has 6 heteroatoms. The normalized spacial score (nSPS) is 12.5. The minimum atomic E-state index is -0.811. The van der Waals surface area contributed by atoms with E-state index in [1.54, 1.807) is 6.08 Å². The minimum absolute atomic E-state index is 0.108. The maximum Gasteiger partial charge on any atom is 0.309 e. The zero-order valence-corrected chi connectivity index (χ0v) is 38.0. The summed E-state index contributed by atoms with van der Waals surface area (Å²) in [6.45, 7) is 6.40. The summed E-state index contributed by atoms with van der Waals surface area (Å²) >= 11 is 0. The van der Waals surface area contributed by atoms with Crippen LogP contribution in [-0.4, -0.2) is 37.2 Å². The van der Waals surface area contributed by atoms with Crippen molar-refractivity contribution in [1.82, 2.24) is 0 Å². The van der Waals surface area contributed by atoms with Crippen LogP contribution in [0.1, 0.15) is 233 Å². The smallest absolute Gasteiger partial charge is 0.309 e. The number of esters is 3. The van der Waals surface area contributed by atoms with Gasteiger partial charge in [-0.25, -0.2) is 0 Å². The standard InChI is InChI=1S/C52H90O6/c1-4-7-10-13-16-19-21-23-24-25-26-27-29-30-33-36-39-42-45-51(54)57-48-49(47-56-50(53)44-41-38-35-32-18-15-12-9-6-3)58-52(55)46-43-40-37-34-31-28-22-20-17-14-11-8-5-2/h9,12,18,24-27,32,38,41,49H,4-8,10-11,13-17,19-23,28-31,33-37,39-40,42-48H2,1-3H3/b12-9-,25-24-,27-26-,32-18-,41-38-. The Hall–Kier alpha value is -2.89. The zero-order chi connectivity index (χ0) is 42.3. The van der Waals surface area contributed by atoms with Gasteiger partial charge in [-0.1, -0.05) is 216 Å². The highest BCUT2D eigenvalue weighted by Crippen LogP contribution is 2.14. The number of hydrogen-bond donors (Lipinski definition) is 0. The fourth-order valence-corrected chi connectivity index (χ4v) is 6.67. The lowest BCUT2D eigenvalue weighted by molar-refractivity contribution is -0.166. The first kappa shape index (κ1) is 55.1. The Morgan fingerprint density at radius 3 is 1.24 bits per heavy atom. The van der Waals surface area contributed by atoms with Crippen LogP contribution in [0, 0.1) is 0 Å². The number of unbranched alkanes of at least 4 members (excludes halogenated alkanes) is 24. The van der Waals surface area contributed by atoms with Crippen molar-refractivity contribution in [3.8, 4) is 0 Å². The molecule has 1 unspecified atom stereocenters. The molecule has 0 aliphatic rings. The predicted octanol–water partition coefficient (Wildman–Crippen LogP) is 15.7. The van der Waals surface area contributed by atoms with Gasteiger partial charge in [0.25, 0.3) is 0 Å². The van der Waals surface area contributed by atoms with Crippen molar-refractivity contribution in [2.24, 2.45) is 0 Å². The largest absolute Gasteiger partial charge is 0.462 e. The van der Waals surface area contributed by atoms with E-state index in [2.05, 4.69) is 69.4 Å². The molecule has 0 fully saturated rings. The zero-order valence-electron chi connectivity index (χ0n) is 38.0. The molecule has 0 spiro atoms. The van der Waals surface area contributed by atoms with E-state index in [9.17, 15) is 14.4 Å². The monoisotopic (exact) mass is 811 g/mol. The summed E-state index contributed by atoms with van der Waals surface area (Å²) in [5, 5.41) is 0. The lowest BCUT2D eigenvalue weighted by atomic mass is 10.0. The second-order valence-electron chi connectivity index (χ2n) is 16.0. The second kappa shape index (κ2) is 46.8. The van der Waals surface area contributed by atoms with Gasteiger partial charge in [-0.3, -0.25) is 14.4 Å². The molecule has 0 rings (SSSR count). The number of ether oxygens (including phenoxy) is 3. The van der Waals surface area contributed by atoms with Crippen molar-refractivity contribution >= 4 is 17.9 Å². The van der Waals surface area contributed by atoms with Gasteiger partial charge in [0.1, 0.15) is 13.2 Å². The van der Waals surface area contributed by atoms with E-state index in [-0.39, 0.29) is 31.6 Å². The van der Waals surface area contributed by atoms with Crippen LogP contribution in [0.25, 0.3) is 0 Å². The molecule has 0 aliphatic carbocycles. The number of hydrogen-bond acceptors (Lipinski definition) is 6. The lowest BCUT2D eigenvalue weighted by Gasteiger charge is -2.18. The van der Waals surface area contributed by atoms with Gasteiger partial charge in [-0.05, 0) is 57.8 Å². The molecule has 0 amide bonds. The first-order chi connectivity index (χ1) is 28.5. The van der Waals surface area contributed by atoms with E-state index in [4.69, 9.17) is 14.2 Å². The highest BCUT2D eigenvalue weighted by atomic mass is 16.6. The van der Waals surface area contributed by atoms with E-state index >= 15 is 0 Å². The minimum Gasteiger partial charge on any atom is -0.462 e. The molecule has 0 aromatic heterocycles. The van der Waals surface area contributed by atoms with Crippen LogP contribution in [0.3, 0.4) is 0 Å². The summed E-state index contributed by atoms with van der Waals surface area (Å²) in [4.78, 5) is 37.7. The van der Waals surface area contributed by atoms with Crippen molar-refractivity contribution in [3.63, 3.8) is 0 Å². The van der Waals surface area contributed by atoms with E-state index in [1.807, 2.05) is 6.08 Å². The predicted molar refractivity (Wildman–Crippen MR) is 247 cm³/mol. The van der Waals surface area contributed by atoms with Crippen molar-refractivity contribution in [1.29, 1.82) is 0 Å². The summed E-state index contributed by atoms with van der Waals surface area (Å²) < 4.78 is 16.6. The Kier molecular flexibility index (Phi) is 44.5. The highest BCUT2D eigenvalue weighted by molar-refractivity contribution is 5.72. The van der Waals surface area contributed by atoms with Crippen molar-refractivity contribution in [2.45, 2.75) is 239 Å². The molecule has 0 aromatic rings. The number of carbonyl (C=O) groups excluding carboxylic acids is 3. The van der Waals surface area contributed by atoms with Gasteiger partial charge in [-0.2, -0.15) is 0 Å². The third kappa shape index (κ3) is 44.2. The molecule has 0 radical (unpaired) electrons. The van der Waals surface area contributed by atoms with Gasteiger partial charge < -0.3 is 14.2 Å². The Morgan fingerprint density at radius 1 is 0.397 bits per heavy atom. The van der Waals surface area contributed by atoms with Gasteiger partial charge in [-0.15, -0.1) is 0 Å². The average Bonchev–Trinajstić information content (AvgIpc) is 3.22. The molecule has 6 nitrogen and oxygen atoms in total. The van der Waals surface area contributed by atoms with Crippen molar-refractivity contribution in [3.05, 3.63) is 60.8 Å². The molecular weight excluding hydrogens is 721 g/mol. The molecule has 1 atom stereocenters. The first-order valence-electron chi connectivity index (χ1n) is 24.3. The van der Waals surface area contributed by atoms with Gasteiger partial charge in [0.05, 0.1) is 6.42 Å². The topological polar surface area (TPSA) is 78.9 Å². The van der Waals surface area contributed by atoms with E-state index in [1.165, 1.54) is 116 Å². The lowest BCUT2D eigenvalue weighted by Crippen LogP contribution is -2.30. The molecule has 0 aliphatic heterocycles. The van der Waals surface area contributed by atoms with Gasteiger partial charge >= 0.3 is 17.9 Å². The quantitative estimate of drug-likeness (QED) is 0.0201. The van der Waals surface area contributed by atoms with Gasteiger partial charge in [0.15, 0.2) is 6.10 Å². The van der Waals surface area contributed by atoms with E-state index in [0.29, 0.717) is 12.8 Å². The Morgan fingerprint density at radius 2 is 0.776 bits per heavy atom. The van der Waals surface area contributed by atoms with E-state index in [0.717, 1.165) is 77.0 Å². The number of allylic oxidation sites excluding steroid dienone is 9. The third-order valence-corrected chi connectivity index (χ3v) is 10.3. The van der Waals surface area contributed by atoms with Crippen LogP contribution in [0.15, 0.2) is 60.8 Å². The molecule has 0 saturated heterocycles. The molecular formula is C52H90O6. The maximum absolute atomic E-state index is 12.7. The SMILES string of the molecule is CC/C=C\C/C=C\C/C=C\CC(=O)OCC(COC(=O)CCCCCCC/C=C\C=C/CCCCCCCCC)OC(=O)CCCCCCCCCCCCCCC. The molecule has 334 valence electrons. The Balaban J connectivity index is 4.39. The van der Waals surface area contributed by atoms with E-state index < -0.39 is 12.1 Å². The fourth-order valence-electron chi connectivity index (χ4n) is 6.67. The van der Waals surface area contributed by atoms with Crippen LogP contribution < -0.4 is 0 Å². The van der Waals surface area contributed by atoms with Gasteiger partial charge in [0.2, 0.25) is 0 Å². The summed E-state index contributed by atoms with van der Waals surface area (Å²) in [5.74, 6) is -1.05. The fraction of sp³-hybridized carbons (Fsp3) is 0.750. The second-order valence-corrected chi connectivity index (χ2v) is 16.0. The first-order valence-corrected chi connectivity index (χ1v) is 24.3. The van der Waals surface area contributed by atoms with Crippen molar-refractivity contribution < 1.29 is 28.6 Å². The van der Waals surface area contributed by atoms with Gasteiger partial charge in [0, 0.05) is 12.8 Å². The molecule has 0 heterocycles. The van der Waals surface area contributed by atoms with Crippen LogP contribution in [-0.2, 0) is 28.6 Å². The molecule has 0 bridgehead atoms. The summed E-state index contributed by atoms with van der Waals surface area (Å²) in [7, 11) is 0. The highest BCUT2D eigenvalue weighted by Gasteiger charge is 2.19. The van der Waals surface area contributed by atoms with Crippen LogP contribution in [0.5, 0.6) is 0 Å². The Bertz CT molecular complexity index is 1070. The van der Waals surface area contributed by atoms with Crippen LogP contribution >= 0.6 is 0 Å². The summed E-state index contributed by atoms with van der Waals surface area (Å²) in [5.41, 5.74) is 0. The molecule has 0 aromatic carbocycles. The van der Waals surface area contributed by atoms with Crippen LogP contribution in [0.2, 0.25) is 0 Å². The van der Waals surface area contributed by atoms with Crippen molar-refractivity contribution in [2.75, 3.05) is 13.2 Å². The molecule has 0 saturated carbocycles. The number of rotatable bonds is 43. The molecule has 0 N–H and O–H groups in total.